The van der Waals surface area contributed by atoms with Gasteiger partial charge in [0.15, 0.2) is 5.69 Å². The van der Waals surface area contributed by atoms with Gasteiger partial charge in [0.05, 0.1) is 12.1 Å². The van der Waals surface area contributed by atoms with Gasteiger partial charge in [-0.15, -0.1) is 0 Å². The summed E-state index contributed by atoms with van der Waals surface area (Å²) < 4.78 is 14.2. The highest BCUT2D eigenvalue weighted by atomic mass is 35.5. The zero-order valence-corrected chi connectivity index (χ0v) is 19.0. The fourth-order valence-corrected chi connectivity index (χ4v) is 3.80. The molecule has 2 atom stereocenters. The van der Waals surface area contributed by atoms with Gasteiger partial charge in [0.25, 0.3) is 5.91 Å². The van der Waals surface area contributed by atoms with Gasteiger partial charge < -0.3 is 15.3 Å². The fraction of sp³-hybridized carbons (Fsp3) is 0.304. The summed E-state index contributed by atoms with van der Waals surface area (Å²) in [5.41, 5.74) is 2.03. The van der Waals surface area contributed by atoms with Crippen molar-refractivity contribution in [1.82, 2.24) is 25.6 Å². The third-order valence-corrected chi connectivity index (χ3v) is 5.40. The highest BCUT2D eigenvalue weighted by molar-refractivity contribution is 6.30. The predicted octanol–water partition coefficient (Wildman–Crippen LogP) is 3.26. The number of carboxylic acid groups (broad SMARTS) is 1. The minimum atomic E-state index is -0.934. The fourth-order valence-electron chi connectivity index (χ4n) is 3.62. The molecule has 0 aliphatic rings. The average Bonchev–Trinajstić information content (AvgIpc) is 3.30. The number of hydrogen-bond acceptors (Lipinski definition) is 5. The van der Waals surface area contributed by atoms with Crippen molar-refractivity contribution < 1.29 is 19.1 Å². The molecule has 2 aromatic carbocycles. The molecule has 2 unspecified atom stereocenters. The molecule has 8 nitrogen and oxygen atoms in total. The van der Waals surface area contributed by atoms with Crippen LogP contribution in [-0.4, -0.2) is 64.0 Å². The normalized spacial score (nSPS) is 13.0. The first-order chi connectivity index (χ1) is 15.7. The van der Waals surface area contributed by atoms with Crippen molar-refractivity contribution in [2.45, 2.75) is 18.9 Å². The smallest absolute Gasteiger partial charge is 0.307 e. The molecule has 10 heteroatoms. The lowest BCUT2D eigenvalue weighted by Gasteiger charge is -2.24. The Morgan fingerprint density at radius 3 is 2.55 bits per heavy atom. The number of amides is 1. The van der Waals surface area contributed by atoms with Gasteiger partial charge in [0.1, 0.15) is 5.82 Å². The van der Waals surface area contributed by atoms with Crippen LogP contribution >= 0.6 is 11.6 Å². The van der Waals surface area contributed by atoms with Gasteiger partial charge >= 0.3 is 5.97 Å². The summed E-state index contributed by atoms with van der Waals surface area (Å²) in [5, 5.41) is 22.8. The van der Waals surface area contributed by atoms with Crippen LogP contribution in [0.15, 0.2) is 48.7 Å². The van der Waals surface area contributed by atoms with Crippen molar-refractivity contribution in [1.29, 1.82) is 0 Å². The predicted molar refractivity (Wildman–Crippen MR) is 122 cm³/mol. The van der Waals surface area contributed by atoms with Crippen LogP contribution < -0.4 is 5.32 Å². The maximum absolute atomic E-state index is 14.2. The first kappa shape index (κ1) is 24.3. The van der Waals surface area contributed by atoms with E-state index in [0.717, 1.165) is 5.56 Å². The molecule has 33 heavy (non-hydrogen) atoms. The molecule has 1 heterocycles. The molecule has 0 aliphatic heterocycles. The van der Waals surface area contributed by atoms with Crippen molar-refractivity contribution in [3.8, 4) is 11.1 Å². The SMILES string of the molecule is CN(C)CC(CC(Cc1ccc(-c2cc(Cl)ccc2F)cc1)NC(=O)c1cn[nH]n1)C(=O)O. The summed E-state index contributed by atoms with van der Waals surface area (Å²) in [5.74, 6) is -2.43. The number of carbonyl (C=O) groups excluding carboxylic acids is 1. The number of H-pyrrole nitrogens is 1. The number of aromatic nitrogens is 3. The Morgan fingerprint density at radius 2 is 1.94 bits per heavy atom. The van der Waals surface area contributed by atoms with E-state index in [1.54, 1.807) is 37.2 Å². The Balaban J connectivity index is 1.80. The van der Waals surface area contributed by atoms with Crippen molar-refractivity contribution in [3.05, 3.63) is 70.8 Å². The van der Waals surface area contributed by atoms with E-state index in [1.807, 2.05) is 12.1 Å². The van der Waals surface area contributed by atoms with Crippen LogP contribution in [0.1, 0.15) is 22.5 Å². The Kier molecular flexibility index (Phi) is 8.13. The molecule has 0 aliphatic carbocycles. The van der Waals surface area contributed by atoms with E-state index in [4.69, 9.17) is 11.6 Å². The summed E-state index contributed by atoms with van der Waals surface area (Å²) in [6, 6.07) is 11.1. The average molecular weight is 474 g/mol. The standard InChI is InChI=1S/C23H25ClFN5O3/c1-30(2)13-16(23(32)33)10-18(27-22(31)21-12-26-29-28-21)9-14-3-5-15(6-4-14)19-11-17(24)7-8-20(19)25/h3-8,11-12,16,18H,9-10,13H2,1-2H3,(H,27,31)(H,32,33)(H,26,28,29). The highest BCUT2D eigenvalue weighted by Crippen LogP contribution is 2.26. The molecule has 1 amide bonds. The maximum Gasteiger partial charge on any atom is 0.307 e. The number of nitrogens with zero attached hydrogens (tertiary/aromatic N) is 3. The molecular formula is C23H25ClFN5O3. The van der Waals surface area contributed by atoms with Crippen LogP contribution in [0.3, 0.4) is 0 Å². The number of nitrogens with one attached hydrogen (secondary N) is 2. The molecule has 1 aromatic heterocycles. The minimum absolute atomic E-state index is 0.117. The van der Waals surface area contributed by atoms with Crippen LogP contribution in [0.25, 0.3) is 11.1 Å². The molecule has 3 aromatic rings. The lowest BCUT2D eigenvalue weighted by atomic mass is 9.93. The first-order valence-electron chi connectivity index (χ1n) is 10.3. The van der Waals surface area contributed by atoms with Crippen molar-refractivity contribution in [3.63, 3.8) is 0 Å². The Labute approximate surface area is 195 Å². The van der Waals surface area contributed by atoms with Crippen LogP contribution in [0.2, 0.25) is 5.02 Å². The van der Waals surface area contributed by atoms with E-state index >= 15 is 0 Å². The summed E-state index contributed by atoms with van der Waals surface area (Å²) in [6.45, 7) is 0.332. The van der Waals surface area contributed by atoms with Gasteiger partial charge in [0.2, 0.25) is 0 Å². The minimum Gasteiger partial charge on any atom is -0.481 e. The van der Waals surface area contributed by atoms with Crippen molar-refractivity contribution in [2.75, 3.05) is 20.6 Å². The number of aliphatic carboxylic acids is 1. The molecular weight excluding hydrogens is 449 g/mol. The molecule has 0 fully saturated rings. The van der Waals surface area contributed by atoms with Crippen LogP contribution in [-0.2, 0) is 11.2 Å². The summed E-state index contributed by atoms with van der Waals surface area (Å²) in [6.07, 6.45) is 1.91. The number of aromatic amines is 1. The second kappa shape index (κ2) is 11.0. The molecule has 0 spiro atoms. The molecule has 174 valence electrons. The summed E-state index contributed by atoms with van der Waals surface area (Å²) in [4.78, 5) is 26.1. The van der Waals surface area contributed by atoms with E-state index < -0.39 is 23.8 Å². The van der Waals surface area contributed by atoms with E-state index in [2.05, 4.69) is 20.7 Å². The third-order valence-electron chi connectivity index (χ3n) is 5.16. The van der Waals surface area contributed by atoms with Crippen molar-refractivity contribution in [2.24, 2.45) is 5.92 Å². The number of carbonyl (C=O) groups is 2. The molecule has 0 bridgehead atoms. The third kappa shape index (κ3) is 6.84. The number of rotatable bonds is 10. The highest BCUT2D eigenvalue weighted by Gasteiger charge is 2.25. The van der Waals surface area contributed by atoms with E-state index in [9.17, 15) is 19.1 Å². The Bertz CT molecular complexity index is 1090. The van der Waals surface area contributed by atoms with E-state index in [0.29, 0.717) is 29.1 Å². The molecule has 0 saturated carbocycles. The second-order valence-corrected chi connectivity index (χ2v) is 8.52. The maximum atomic E-state index is 14.2. The topological polar surface area (TPSA) is 111 Å². The lowest BCUT2D eigenvalue weighted by Crippen LogP contribution is -2.41. The van der Waals surface area contributed by atoms with Gasteiger partial charge in [-0.25, -0.2) is 4.39 Å². The number of carboxylic acids is 1. The zero-order valence-electron chi connectivity index (χ0n) is 18.3. The van der Waals surface area contributed by atoms with Gasteiger partial charge in [-0.2, -0.15) is 15.4 Å². The zero-order chi connectivity index (χ0) is 24.0. The van der Waals surface area contributed by atoms with E-state index in [1.165, 1.54) is 18.3 Å². The quantitative estimate of drug-likeness (QED) is 0.417. The monoisotopic (exact) mass is 473 g/mol. The number of halogens is 2. The molecule has 3 rings (SSSR count). The van der Waals surface area contributed by atoms with Crippen LogP contribution in [0.4, 0.5) is 4.39 Å². The van der Waals surface area contributed by atoms with Crippen LogP contribution in [0, 0.1) is 11.7 Å². The summed E-state index contributed by atoms with van der Waals surface area (Å²) in [7, 11) is 3.60. The molecule has 0 saturated heterocycles. The Morgan fingerprint density at radius 1 is 1.21 bits per heavy atom. The number of hydrogen-bond donors (Lipinski definition) is 3. The van der Waals surface area contributed by atoms with Gasteiger partial charge in [-0.05, 0) is 56.3 Å². The number of benzene rings is 2. The van der Waals surface area contributed by atoms with E-state index in [-0.39, 0.29) is 17.9 Å². The first-order valence-corrected chi connectivity index (χ1v) is 10.7. The molecule has 0 radical (unpaired) electrons. The largest absolute Gasteiger partial charge is 0.481 e. The van der Waals surface area contributed by atoms with Crippen LogP contribution in [0.5, 0.6) is 0 Å². The second-order valence-electron chi connectivity index (χ2n) is 8.08. The van der Waals surface area contributed by atoms with Gasteiger partial charge in [-0.3, -0.25) is 9.59 Å². The lowest BCUT2D eigenvalue weighted by molar-refractivity contribution is -0.142. The van der Waals surface area contributed by atoms with Gasteiger partial charge in [0, 0.05) is 23.2 Å². The summed E-state index contributed by atoms with van der Waals surface area (Å²) >= 11 is 6.00. The molecule has 3 N–H and O–H groups in total. The van der Waals surface area contributed by atoms with Crippen molar-refractivity contribution >= 4 is 23.5 Å². The Hall–Kier alpha value is -3.30. The van der Waals surface area contributed by atoms with Gasteiger partial charge in [-0.1, -0.05) is 35.9 Å².